The third-order valence-electron chi connectivity index (χ3n) is 3.22. The minimum Gasteiger partial charge on any atom is -0.387 e. The maximum atomic E-state index is 13.2. The summed E-state index contributed by atoms with van der Waals surface area (Å²) in [5.41, 5.74) is 1.76. The summed E-state index contributed by atoms with van der Waals surface area (Å²) in [6.45, 7) is 0. The van der Waals surface area contributed by atoms with E-state index in [-0.39, 0.29) is 17.6 Å². The number of rotatable bonds is 3. The van der Waals surface area contributed by atoms with E-state index in [4.69, 9.17) is 4.84 Å². The Labute approximate surface area is 121 Å². The van der Waals surface area contributed by atoms with E-state index < -0.39 is 5.82 Å². The normalized spacial score (nSPS) is 16.5. The van der Waals surface area contributed by atoms with Crippen LogP contribution in [-0.4, -0.2) is 12.1 Å². The predicted molar refractivity (Wildman–Crippen MR) is 77.7 cm³/mol. The van der Waals surface area contributed by atoms with Crippen LogP contribution in [0.5, 0.6) is 0 Å². The molecular weight excluding hydrogens is 271 g/mol. The number of nitrogens with one attached hydrogen (secondary N) is 1. The van der Waals surface area contributed by atoms with Gasteiger partial charge in [0.25, 0.3) is 5.91 Å². The van der Waals surface area contributed by atoms with Crippen molar-refractivity contribution < 1.29 is 14.0 Å². The second-order valence-corrected chi connectivity index (χ2v) is 4.67. The molecule has 106 valence electrons. The fraction of sp³-hybridized carbons (Fsp3) is 0.125. The number of hydrogen-bond donors (Lipinski definition) is 1. The summed E-state index contributed by atoms with van der Waals surface area (Å²) in [6, 6.07) is 12.9. The molecule has 0 aromatic heterocycles. The van der Waals surface area contributed by atoms with Crippen LogP contribution in [0.25, 0.3) is 0 Å². The number of anilines is 1. The van der Waals surface area contributed by atoms with Crippen LogP contribution in [0.1, 0.15) is 28.4 Å². The van der Waals surface area contributed by atoms with Crippen molar-refractivity contribution in [3.8, 4) is 0 Å². The maximum Gasteiger partial charge on any atom is 0.255 e. The topological polar surface area (TPSA) is 50.7 Å². The number of carbonyl (C=O) groups excluding carboxylic acids is 1. The number of benzene rings is 2. The SMILES string of the molecule is O=C(Nc1ccccc1C1CC=NO1)c1cccc(F)c1. The van der Waals surface area contributed by atoms with Crippen molar-refractivity contribution >= 4 is 17.8 Å². The molecule has 1 atom stereocenters. The first-order chi connectivity index (χ1) is 10.2. The molecule has 1 aliphatic rings. The molecule has 0 fully saturated rings. The van der Waals surface area contributed by atoms with E-state index in [1.165, 1.54) is 18.2 Å². The second-order valence-electron chi connectivity index (χ2n) is 4.67. The van der Waals surface area contributed by atoms with Crippen molar-refractivity contribution in [1.29, 1.82) is 0 Å². The van der Waals surface area contributed by atoms with E-state index >= 15 is 0 Å². The zero-order chi connectivity index (χ0) is 14.7. The summed E-state index contributed by atoms with van der Waals surface area (Å²) >= 11 is 0. The Morgan fingerprint density at radius 1 is 1.24 bits per heavy atom. The highest BCUT2D eigenvalue weighted by atomic mass is 19.1. The third kappa shape index (κ3) is 2.91. The Hall–Kier alpha value is -2.69. The Morgan fingerprint density at radius 3 is 2.86 bits per heavy atom. The van der Waals surface area contributed by atoms with Gasteiger partial charge < -0.3 is 10.2 Å². The molecule has 2 aromatic carbocycles. The molecule has 1 amide bonds. The van der Waals surface area contributed by atoms with E-state index in [2.05, 4.69) is 10.5 Å². The van der Waals surface area contributed by atoms with E-state index in [0.717, 1.165) is 5.56 Å². The Kier molecular flexibility index (Phi) is 3.64. The molecule has 2 aromatic rings. The standard InChI is InChI=1S/C16H13FN2O2/c17-12-5-3-4-11(10-12)16(20)19-14-7-2-1-6-13(14)15-8-9-18-21-15/h1-7,9-10,15H,8H2,(H,19,20). The summed E-state index contributed by atoms with van der Waals surface area (Å²) in [5.74, 6) is -0.802. The van der Waals surface area contributed by atoms with Crippen molar-refractivity contribution in [2.24, 2.45) is 5.16 Å². The molecule has 3 rings (SSSR count). The van der Waals surface area contributed by atoms with E-state index in [1.54, 1.807) is 18.3 Å². The maximum absolute atomic E-state index is 13.2. The van der Waals surface area contributed by atoms with Gasteiger partial charge in [-0.15, -0.1) is 0 Å². The molecule has 5 heteroatoms. The van der Waals surface area contributed by atoms with Gasteiger partial charge in [0.1, 0.15) is 5.82 Å². The number of carbonyl (C=O) groups is 1. The highest BCUT2D eigenvalue weighted by Gasteiger charge is 2.20. The largest absolute Gasteiger partial charge is 0.387 e. The van der Waals surface area contributed by atoms with Gasteiger partial charge in [-0.05, 0) is 24.3 Å². The first-order valence-corrected chi connectivity index (χ1v) is 6.57. The van der Waals surface area contributed by atoms with Crippen LogP contribution in [0, 0.1) is 5.82 Å². The lowest BCUT2D eigenvalue weighted by atomic mass is 10.0. The minimum atomic E-state index is -0.441. The molecule has 21 heavy (non-hydrogen) atoms. The van der Waals surface area contributed by atoms with Crippen molar-refractivity contribution in [2.75, 3.05) is 5.32 Å². The molecule has 1 aliphatic heterocycles. The molecule has 0 bridgehead atoms. The quantitative estimate of drug-likeness (QED) is 0.937. The number of halogens is 1. The van der Waals surface area contributed by atoms with Crippen LogP contribution in [-0.2, 0) is 4.84 Å². The van der Waals surface area contributed by atoms with Gasteiger partial charge in [-0.3, -0.25) is 4.79 Å². The molecule has 1 unspecified atom stereocenters. The molecule has 0 radical (unpaired) electrons. The van der Waals surface area contributed by atoms with E-state index in [0.29, 0.717) is 12.1 Å². The number of amides is 1. The summed E-state index contributed by atoms with van der Waals surface area (Å²) in [6.07, 6.45) is 2.15. The van der Waals surface area contributed by atoms with Crippen LogP contribution >= 0.6 is 0 Å². The summed E-state index contributed by atoms with van der Waals surface area (Å²) < 4.78 is 13.2. The van der Waals surface area contributed by atoms with Gasteiger partial charge in [-0.1, -0.05) is 29.4 Å². The highest BCUT2D eigenvalue weighted by molar-refractivity contribution is 6.04. The highest BCUT2D eigenvalue weighted by Crippen LogP contribution is 2.30. The molecule has 0 aliphatic carbocycles. The van der Waals surface area contributed by atoms with Crippen LogP contribution in [0.2, 0.25) is 0 Å². The fourth-order valence-electron chi connectivity index (χ4n) is 2.20. The summed E-state index contributed by atoms with van der Waals surface area (Å²) in [4.78, 5) is 17.4. The average molecular weight is 284 g/mol. The lowest BCUT2D eigenvalue weighted by Crippen LogP contribution is -2.14. The lowest BCUT2D eigenvalue weighted by Gasteiger charge is -2.14. The number of hydrogen-bond acceptors (Lipinski definition) is 3. The van der Waals surface area contributed by atoms with E-state index in [1.807, 2.05) is 18.2 Å². The molecule has 1 heterocycles. The van der Waals surface area contributed by atoms with Crippen molar-refractivity contribution in [3.63, 3.8) is 0 Å². The zero-order valence-electron chi connectivity index (χ0n) is 11.1. The van der Waals surface area contributed by atoms with Gasteiger partial charge in [-0.2, -0.15) is 0 Å². The molecule has 4 nitrogen and oxygen atoms in total. The van der Waals surface area contributed by atoms with Gasteiger partial charge >= 0.3 is 0 Å². The first kappa shape index (κ1) is 13.3. The Balaban J connectivity index is 1.83. The van der Waals surface area contributed by atoms with Gasteiger partial charge in [0, 0.05) is 29.4 Å². The second kappa shape index (κ2) is 5.75. The van der Waals surface area contributed by atoms with Gasteiger partial charge in [0.15, 0.2) is 6.10 Å². The molecule has 0 spiro atoms. The predicted octanol–water partition coefficient (Wildman–Crippen LogP) is 3.53. The van der Waals surface area contributed by atoms with Crippen molar-refractivity contribution in [2.45, 2.75) is 12.5 Å². The lowest BCUT2D eigenvalue weighted by molar-refractivity contribution is 0.0861. The monoisotopic (exact) mass is 284 g/mol. The first-order valence-electron chi connectivity index (χ1n) is 6.57. The fourth-order valence-corrected chi connectivity index (χ4v) is 2.20. The van der Waals surface area contributed by atoms with Crippen molar-refractivity contribution in [3.05, 3.63) is 65.5 Å². The van der Waals surface area contributed by atoms with E-state index in [9.17, 15) is 9.18 Å². The van der Waals surface area contributed by atoms with Crippen LogP contribution in [0.15, 0.2) is 53.7 Å². The number of nitrogens with zero attached hydrogens (tertiary/aromatic N) is 1. The minimum absolute atomic E-state index is 0.200. The van der Waals surface area contributed by atoms with Crippen LogP contribution < -0.4 is 5.32 Å². The Bertz CT molecular complexity index is 692. The smallest absolute Gasteiger partial charge is 0.255 e. The average Bonchev–Trinajstić information content (AvgIpc) is 3.02. The van der Waals surface area contributed by atoms with Gasteiger partial charge in [-0.25, -0.2) is 4.39 Å². The molecule has 0 saturated heterocycles. The van der Waals surface area contributed by atoms with Gasteiger partial charge in [0.2, 0.25) is 0 Å². The summed E-state index contributed by atoms with van der Waals surface area (Å²) in [7, 11) is 0. The van der Waals surface area contributed by atoms with Crippen LogP contribution in [0.4, 0.5) is 10.1 Å². The van der Waals surface area contributed by atoms with Crippen molar-refractivity contribution in [1.82, 2.24) is 0 Å². The number of oxime groups is 1. The zero-order valence-corrected chi connectivity index (χ0v) is 11.1. The Morgan fingerprint density at radius 2 is 2.10 bits per heavy atom. The molecule has 0 saturated carbocycles. The van der Waals surface area contributed by atoms with Crippen LogP contribution in [0.3, 0.4) is 0 Å². The third-order valence-corrected chi connectivity index (χ3v) is 3.22. The van der Waals surface area contributed by atoms with Gasteiger partial charge in [0.05, 0.1) is 0 Å². The number of para-hydroxylation sites is 1. The summed E-state index contributed by atoms with van der Waals surface area (Å²) in [5, 5.41) is 6.53. The molecule has 1 N–H and O–H groups in total. The molecular formula is C16H13FN2O2.